The van der Waals surface area contributed by atoms with Crippen LogP contribution in [-0.4, -0.2) is 23.9 Å². The molecular weight excluding hydrogens is 306 g/mol. The van der Waals surface area contributed by atoms with Gasteiger partial charge >= 0.3 is 0 Å². The summed E-state index contributed by atoms with van der Waals surface area (Å²) in [7, 11) is -3.62. The zero-order chi connectivity index (χ0) is 15.6. The molecule has 5 nitrogen and oxygen atoms in total. The molecule has 2 N–H and O–H groups in total. The number of aromatic nitrogens is 2. The molecule has 1 aromatic carbocycles. The second kappa shape index (κ2) is 6.11. The average Bonchev–Trinajstić information content (AvgIpc) is 2.71. The van der Waals surface area contributed by atoms with Crippen LogP contribution in [0.5, 0.6) is 0 Å². The predicted octanol–water partition coefficient (Wildman–Crippen LogP) is 3.33. The Balaban J connectivity index is 2.21. The van der Waals surface area contributed by atoms with Gasteiger partial charge in [0.15, 0.2) is 0 Å². The van der Waals surface area contributed by atoms with Gasteiger partial charge in [-0.25, -0.2) is 8.42 Å². The number of aryl methyl sites for hydroxylation is 2. The first kappa shape index (κ1) is 15.9. The smallest absolute Gasteiger partial charge is 0.265 e. The molecule has 1 aromatic heterocycles. The highest BCUT2D eigenvalue weighted by atomic mass is 32.2. The zero-order valence-corrected chi connectivity index (χ0v) is 14.1. The fourth-order valence-electron chi connectivity index (χ4n) is 2.02. The maximum Gasteiger partial charge on any atom is 0.265 e. The fraction of sp³-hybridized carbons (Fsp3) is 0.357. The highest BCUT2D eigenvalue weighted by molar-refractivity contribution is 7.99. The Bertz CT molecular complexity index is 700. The van der Waals surface area contributed by atoms with Gasteiger partial charge in [-0.2, -0.15) is 5.10 Å². The Morgan fingerprint density at radius 2 is 1.81 bits per heavy atom. The molecule has 0 saturated carbocycles. The molecule has 0 atom stereocenters. The molecule has 0 fully saturated rings. The van der Waals surface area contributed by atoms with Gasteiger partial charge in [0.1, 0.15) is 4.90 Å². The van der Waals surface area contributed by atoms with Crippen molar-refractivity contribution in [1.29, 1.82) is 0 Å². The van der Waals surface area contributed by atoms with E-state index >= 15 is 0 Å². The first-order chi connectivity index (χ1) is 9.79. The van der Waals surface area contributed by atoms with Crippen LogP contribution in [0.4, 0.5) is 5.69 Å². The van der Waals surface area contributed by atoms with Crippen LogP contribution in [0.3, 0.4) is 0 Å². The van der Waals surface area contributed by atoms with Gasteiger partial charge < -0.3 is 0 Å². The lowest BCUT2D eigenvalue weighted by Gasteiger charge is -2.09. The summed E-state index contributed by atoms with van der Waals surface area (Å²) >= 11 is 1.74. The van der Waals surface area contributed by atoms with Crippen molar-refractivity contribution in [3.8, 4) is 0 Å². The summed E-state index contributed by atoms with van der Waals surface area (Å²) in [5.74, 6) is 0. The molecule has 2 rings (SSSR count). The van der Waals surface area contributed by atoms with E-state index in [2.05, 4.69) is 28.8 Å². The van der Waals surface area contributed by atoms with Gasteiger partial charge in [-0.05, 0) is 38.1 Å². The standard InChI is InChI=1S/C14H19N3O2S2/c1-9(2)20-13-7-5-12(6-8-13)17-21(18,19)14-10(3)15-16-11(14)4/h5-9,17H,1-4H3,(H,15,16). The lowest BCUT2D eigenvalue weighted by atomic mass is 10.3. The number of nitrogens with one attached hydrogen (secondary N) is 2. The van der Waals surface area contributed by atoms with Crippen LogP contribution in [0.2, 0.25) is 0 Å². The fourth-order valence-corrected chi connectivity index (χ4v) is 4.29. The van der Waals surface area contributed by atoms with E-state index in [4.69, 9.17) is 0 Å². The highest BCUT2D eigenvalue weighted by Crippen LogP contribution is 2.26. The lowest BCUT2D eigenvalue weighted by molar-refractivity contribution is 0.600. The van der Waals surface area contributed by atoms with Gasteiger partial charge in [0, 0.05) is 15.8 Å². The molecule has 0 unspecified atom stereocenters. The van der Waals surface area contributed by atoms with Gasteiger partial charge in [0.2, 0.25) is 0 Å². The van der Waals surface area contributed by atoms with E-state index in [0.717, 1.165) is 4.90 Å². The molecule has 0 aliphatic carbocycles. The number of H-pyrrole nitrogens is 1. The van der Waals surface area contributed by atoms with Crippen molar-refractivity contribution >= 4 is 27.5 Å². The largest absolute Gasteiger partial charge is 0.281 e. The molecule has 2 aromatic rings. The molecule has 21 heavy (non-hydrogen) atoms. The third kappa shape index (κ3) is 3.79. The van der Waals surface area contributed by atoms with Crippen LogP contribution in [0, 0.1) is 13.8 Å². The quantitative estimate of drug-likeness (QED) is 0.827. The Labute approximate surface area is 129 Å². The van der Waals surface area contributed by atoms with E-state index in [9.17, 15) is 8.42 Å². The minimum atomic E-state index is -3.62. The second-order valence-corrected chi connectivity index (χ2v) is 8.33. The SMILES string of the molecule is Cc1n[nH]c(C)c1S(=O)(=O)Nc1ccc(SC(C)C)cc1. The molecule has 0 aliphatic heterocycles. The summed E-state index contributed by atoms with van der Waals surface area (Å²) in [6.45, 7) is 7.59. The number of hydrogen-bond acceptors (Lipinski definition) is 4. The van der Waals surface area contributed by atoms with Crippen molar-refractivity contribution in [2.24, 2.45) is 0 Å². The Kier molecular flexibility index (Phi) is 4.63. The number of nitrogens with zero attached hydrogens (tertiary/aromatic N) is 1. The van der Waals surface area contributed by atoms with Crippen molar-refractivity contribution in [2.45, 2.75) is 42.7 Å². The summed E-state index contributed by atoms with van der Waals surface area (Å²) in [5, 5.41) is 7.10. The topological polar surface area (TPSA) is 74.8 Å². The normalized spacial score (nSPS) is 11.9. The number of benzene rings is 1. The third-order valence-corrected chi connectivity index (χ3v) is 5.47. The zero-order valence-electron chi connectivity index (χ0n) is 12.5. The number of hydrogen-bond donors (Lipinski definition) is 2. The Hall–Kier alpha value is -1.47. The minimum Gasteiger partial charge on any atom is -0.281 e. The van der Waals surface area contributed by atoms with Gasteiger partial charge in [0.05, 0.1) is 11.4 Å². The van der Waals surface area contributed by atoms with Crippen molar-refractivity contribution < 1.29 is 8.42 Å². The van der Waals surface area contributed by atoms with Crippen molar-refractivity contribution in [1.82, 2.24) is 10.2 Å². The number of sulfonamides is 1. The molecule has 7 heteroatoms. The summed E-state index contributed by atoms with van der Waals surface area (Å²) in [5.41, 5.74) is 1.54. The molecule has 0 radical (unpaired) electrons. The lowest BCUT2D eigenvalue weighted by Crippen LogP contribution is -2.14. The van der Waals surface area contributed by atoms with Crippen molar-refractivity contribution in [3.05, 3.63) is 35.7 Å². The molecule has 1 heterocycles. The Morgan fingerprint density at radius 3 is 2.29 bits per heavy atom. The minimum absolute atomic E-state index is 0.211. The van der Waals surface area contributed by atoms with Crippen LogP contribution >= 0.6 is 11.8 Å². The summed E-state index contributed by atoms with van der Waals surface area (Å²) in [6, 6.07) is 7.37. The number of rotatable bonds is 5. The third-order valence-electron chi connectivity index (χ3n) is 2.81. The molecule has 0 amide bonds. The number of aromatic amines is 1. The Morgan fingerprint density at radius 1 is 1.19 bits per heavy atom. The predicted molar refractivity (Wildman–Crippen MR) is 86.3 cm³/mol. The maximum atomic E-state index is 12.4. The van der Waals surface area contributed by atoms with Crippen LogP contribution < -0.4 is 4.72 Å². The average molecular weight is 325 g/mol. The molecule has 0 aliphatic rings. The molecule has 114 valence electrons. The first-order valence-electron chi connectivity index (χ1n) is 6.60. The summed E-state index contributed by atoms with van der Waals surface area (Å²) in [6.07, 6.45) is 0. The number of anilines is 1. The second-order valence-electron chi connectivity index (χ2n) is 5.06. The van der Waals surface area contributed by atoms with E-state index in [1.54, 1.807) is 37.7 Å². The van der Waals surface area contributed by atoms with Crippen LogP contribution in [0.1, 0.15) is 25.2 Å². The van der Waals surface area contributed by atoms with E-state index in [1.165, 1.54) is 0 Å². The summed E-state index contributed by atoms with van der Waals surface area (Å²) < 4.78 is 27.4. The molecular formula is C14H19N3O2S2. The van der Waals surface area contributed by atoms with Crippen LogP contribution in [0.25, 0.3) is 0 Å². The number of thioether (sulfide) groups is 1. The summed E-state index contributed by atoms with van der Waals surface area (Å²) in [4.78, 5) is 1.33. The molecule has 0 spiro atoms. The van der Waals surface area contributed by atoms with E-state index < -0.39 is 10.0 Å². The first-order valence-corrected chi connectivity index (χ1v) is 8.97. The van der Waals surface area contributed by atoms with Gasteiger partial charge in [-0.1, -0.05) is 13.8 Å². The van der Waals surface area contributed by atoms with Crippen LogP contribution in [-0.2, 0) is 10.0 Å². The molecule has 0 bridgehead atoms. The maximum absolute atomic E-state index is 12.4. The van der Waals surface area contributed by atoms with Gasteiger partial charge in [-0.15, -0.1) is 11.8 Å². The van der Waals surface area contributed by atoms with Crippen molar-refractivity contribution in [3.63, 3.8) is 0 Å². The molecule has 0 saturated heterocycles. The van der Waals surface area contributed by atoms with Gasteiger partial charge in [-0.3, -0.25) is 9.82 Å². The van der Waals surface area contributed by atoms with E-state index in [0.29, 0.717) is 22.3 Å². The highest BCUT2D eigenvalue weighted by Gasteiger charge is 2.22. The van der Waals surface area contributed by atoms with E-state index in [1.807, 2.05) is 12.1 Å². The van der Waals surface area contributed by atoms with Crippen molar-refractivity contribution in [2.75, 3.05) is 4.72 Å². The van der Waals surface area contributed by atoms with Crippen LogP contribution in [0.15, 0.2) is 34.1 Å². The van der Waals surface area contributed by atoms with E-state index in [-0.39, 0.29) is 4.90 Å². The van der Waals surface area contributed by atoms with Gasteiger partial charge in [0.25, 0.3) is 10.0 Å². The monoisotopic (exact) mass is 325 g/mol.